The van der Waals surface area contributed by atoms with E-state index in [-0.39, 0.29) is 17.4 Å². The van der Waals surface area contributed by atoms with Gasteiger partial charge in [0.15, 0.2) is 0 Å². The summed E-state index contributed by atoms with van der Waals surface area (Å²) in [6.07, 6.45) is 2.15. The first-order valence-corrected chi connectivity index (χ1v) is 8.15. The average molecular weight is 353 g/mol. The smallest absolute Gasteiger partial charge is 0.257 e. The number of carbonyl (C=O) groups is 1. The number of para-hydroxylation sites is 2. The average Bonchev–Trinajstić information content (AvgIpc) is 2.66. The molecule has 0 unspecified atom stereocenters. The molecule has 2 aromatic carbocycles. The molecule has 3 aromatic rings. The summed E-state index contributed by atoms with van der Waals surface area (Å²) < 4.78 is 27.3. The zero-order chi connectivity index (χ0) is 18.5. The number of halogens is 2. The Bertz CT molecular complexity index is 906. The molecule has 0 bridgehead atoms. The van der Waals surface area contributed by atoms with Crippen LogP contribution in [0.5, 0.6) is 0 Å². The van der Waals surface area contributed by atoms with Crippen LogP contribution in [0.1, 0.15) is 22.8 Å². The van der Waals surface area contributed by atoms with E-state index in [4.69, 9.17) is 0 Å². The van der Waals surface area contributed by atoms with Gasteiger partial charge in [0.1, 0.15) is 23.1 Å². The molecule has 0 saturated heterocycles. The van der Waals surface area contributed by atoms with E-state index in [1.807, 2.05) is 31.2 Å². The number of benzene rings is 2. The van der Waals surface area contributed by atoms with Crippen LogP contribution in [0.25, 0.3) is 0 Å². The third-order valence-corrected chi connectivity index (χ3v) is 3.89. The number of nitrogens with zero attached hydrogens (tertiary/aromatic N) is 1. The van der Waals surface area contributed by atoms with Gasteiger partial charge in [-0.1, -0.05) is 31.2 Å². The summed E-state index contributed by atoms with van der Waals surface area (Å²) in [7, 11) is 0. The van der Waals surface area contributed by atoms with Gasteiger partial charge in [0.05, 0.1) is 5.56 Å². The lowest BCUT2D eigenvalue weighted by Gasteiger charge is -2.10. The van der Waals surface area contributed by atoms with Gasteiger partial charge in [-0.25, -0.2) is 13.8 Å². The van der Waals surface area contributed by atoms with Crippen molar-refractivity contribution in [2.24, 2.45) is 0 Å². The van der Waals surface area contributed by atoms with Gasteiger partial charge in [-0.2, -0.15) is 0 Å². The van der Waals surface area contributed by atoms with Crippen LogP contribution in [0.15, 0.2) is 60.8 Å². The van der Waals surface area contributed by atoms with Crippen LogP contribution < -0.4 is 10.6 Å². The molecule has 1 aromatic heterocycles. The molecule has 1 amide bonds. The maximum atomic E-state index is 13.7. The van der Waals surface area contributed by atoms with Gasteiger partial charge in [-0.15, -0.1) is 0 Å². The van der Waals surface area contributed by atoms with Crippen LogP contribution in [0, 0.1) is 11.6 Å². The van der Waals surface area contributed by atoms with Crippen LogP contribution in [-0.2, 0) is 6.42 Å². The lowest BCUT2D eigenvalue weighted by atomic mass is 10.1. The molecule has 0 aliphatic carbocycles. The zero-order valence-corrected chi connectivity index (χ0v) is 14.1. The van der Waals surface area contributed by atoms with Crippen LogP contribution in [0.2, 0.25) is 0 Å². The monoisotopic (exact) mass is 353 g/mol. The zero-order valence-electron chi connectivity index (χ0n) is 14.1. The molecule has 2 N–H and O–H groups in total. The van der Waals surface area contributed by atoms with Gasteiger partial charge < -0.3 is 10.6 Å². The number of rotatable bonds is 5. The van der Waals surface area contributed by atoms with Crippen LogP contribution in [-0.4, -0.2) is 10.9 Å². The maximum absolute atomic E-state index is 13.7. The molecule has 6 heteroatoms. The summed E-state index contributed by atoms with van der Waals surface area (Å²) in [5.41, 5.74) is 1.84. The Labute approximate surface area is 149 Å². The van der Waals surface area contributed by atoms with Gasteiger partial charge in [0, 0.05) is 11.9 Å². The lowest BCUT2D eigenvalue weighted by Crippen LogP contribution is -2.13. The summed E-state index contributed by atoms with van der Waals surface area (Å²) in [6, 6.07) is 14.2. The van der Waals surface area contributed by atoms with Crippen LogP contribution >= 0.6 is 0 Å². The van der Waals surface area contributed by atoms with E-state index in [1.54, 1.807) is 0 Å². The largest absolute Gasteiger partial charge is 0.335 e. The fourth-order valence-electron chi connectivity index (χ4n) is 2.49. The number of aryl methyl sites for hydroxylation is 1. The first kappa shape index (κ1) is 17.5. The molecule has 0 spiro atoms. The Morgan fingerprint density at radius 3 is 2.38 bits per heavy atom. The van der Waals surface area contributed by atoms with Gasteiger partial charge in [-0.3, -0.25) is 4.79 Å². The number of hydrogen-bond donors (Lipinski definition) is 2. The summed E-state index contributed by atoms with van der Waals surface area (Å²) in [5, 5.41) is 5.43. The van der Waals surface area contributed by atoms with E-state index >= 15 is 0 Å². The van der Waals surface area contributed by atoms with Crippen molar-refractivity contribution in [3.63, 3.8) is 0 Å². The number of aromatic nitrogens is 1. The molecule has 0 fully saturated rings. The highest BCUT2D eigenvalue weighted by molar-refractivity contribution is 6.04. The highest BCUT2D eigenvalue weighted by atomic mass is 19.1. The van der Waals surface area contributed by atoms with E-state index in [1.165, 1.54) is 24.4 Å². The van der Waals surface area contributed by atoms with E-state index in [0.29, 0.717) is 5.56 Å². The molecule has 0 aliphatic rings. The molecule has 0 saturated carbocycles. The van der Waals surface area contributed by atoms with Crippen molar-refractivity contribution < 1.29 is 13.6 Å². The molecule has 0 atom stereocenters. The lowest BCUT2D eigenvalue weighted by molar-refractivity contribution is 0.102. The van der Waals surface area contributed by atoms with Crippen molar-refractivity contribution in [2.45, 2.75) is 13.3 Å². The van der Waals surface area contributed by atoms with Gasteiger partial charge in [-0.05, 0) is 42.3 Å². The standard InChI is InChI=1S/C20H17F2N3O/c1-2-13-6-3-4-9-17(13)24-20(26)14-10-11-18(23-12-14)25-19-15(21)7-5-8-16(19)22/h3-12H,2H2,1H3,(H,23,25)(H,24,26). The highest BCUT2D eigenvalue weighted by Crippen LogP contribution is 2.22. The van der Waals surface area contributed by atoms with Gasteiger partial charge in [0.25, 0.3) is 5.91 Å². The van der Waals surface area contributed by atoms with E-state index < -0.39 is 11.6 Å². The Morgan fingerprint density at radius 2 is 1.73 bits per heavy atom. The first-order valence-electron chi connectivity index (χ1n) is 8.15. The second-order valence-electron chi connectivity index (χ2n) is 5.62. The minimum Gasteiger partial charge on any atom is -0.335 e. The maximum Gasteiger partial charge on any atom is 0.257 e. The van der Waals surface area contributed by atoms with Crippen molar-refractivity contribution in [1.82, 2.24) is 4.98 Å². The summed E-state index contributed by atoms with van der Waals surface area (Å²) in [5.74, 6) is -1.50. The van der Waals surface area contributed by atoms with Crippen molar-refractivity contribution >= 4 is 23.1 Å². The fraction of sp³-hybridized carbons (Fsp3) is 0.100. The third-order valence-electron chi connectivity index (χ3n) is 3.89. The highest BCUT2D eigenvalue weighted by Gasteiger charge is 2.11. The Morgan fingerprint density at radius 1 is 1.00 bits per heavy atom. The molecular formula is C20H17F2N3O. The van der Waals surface area contributed by atoms with Crippen LogP contribution in [0.4, 0.5) is 26.0 Å². The number of amides is 1. The minimum absolute atomic E-state index is 0.236. The van der Waals surface area contributed by atoms with Gasteiger partial charge in [0.2, 0.25) is 0 Å². The number of anilines is 3. The Hall–Kier alpha value is -3.28. The van der Waals surface area contributed by atoms with E-state index in [0.717, 1.165) is 29.8 Å². The SMILES string of the molecule is CCc1ccccc1NC(=O)c1ccc(Nc2c(F)cccc2F)nc1. The first-order chi connectivity index (χ1) is 12.6. The molecule has 4 nitrogen and oxygen atoms in total. The fourth-order valence-corrected chi connectivity index (χ4v) is 2.49. The summed E-state index contributed by atoms with van der Waals surface area (Å²) >= 11 is 0. The van der Waals surface area contributed by atoms with Crippen molar-refractivity contribution in [3.8, 4) is 0 Å². The van der Waals surface area contributed by atoms with E-state index in [2.05, 4.69) is 15.6 Å². The Kier molecular flexibility index (Phi) is 5.22. The topological polar surface area (TPSA) is 54.0 Å². The van der Waals surface area contributed by atoms with Crippen LogP contribution in [0.3, 0.4) is 0 Å². The quantitative estimate of drug-likeness (QED) is 0.685. The number of nitrogens with one attached hydrogen (secondary N) is 2. The number of carbonyl (C=O) groups excluding carboxylic acids is 1. The summed E-state index contributed by atoms with van der Waals surface area (Å²) in [6.45, 7) is 2.01. The Balaban J connectivity index is 1.74. The molecule has 1 heterocycles. The minimum atomic E-state index is -0.718. The predicted molar refractivity (Wildman–Crippen MR) is 97.7 cm³/mol. The molecular weight excluding hydrogens is 336 g/mol. The molecule has 26 heavy (non-hydrogen) atoms. The predicted octanol–water partition coefficient (Wildman–Crippen LogP) is 4.92. The number of pyridine rings is 1. The normalized spacial score (nSPS) is 10.4. The second-order valence-corrected chi connectivity index (χ2v) is 5.62. The molecule has 0 aliphatic heterocycles. The van der Waals surface area contributed by atoms with Crippen molar-refractivity contribution in [2.75, 3.05) is 10.6 Å². The van der Waals surface area contributed by atoms with Crippen molar-refractivity contribution in [3.05, 3.63) is 83.6 Å². The summed E-state index contributed by atoms with van der Waals surface area (Å²) in [4.78, 5) is 16.4. The molecule has 132 valence electrons. The van der Waals surface area contributed by atoms with Gasteiger partial charge >= 0.3 is 0 Å². The number of hydrogen-bond acceptors (Lipinski definition) is 3. The molecule has 3 rings (SSSR count). The second kappa shape index (κ2) is 7.74. The van der Waals surface area contributed by atoms with Crippen molar-refractivity contribution in [1.29, 1.82) is 0 Å². The third kappa shape index (κ3) is 3.85. The molecule has 0 radical (unpaired) electrons. The van der Waals surface area contributed by atoms with E-state index in [9.17, 15) is 13.6 Å².